The van der Waals surface area contributed by atoms with Crippen molar-refractivity contribution in [1.82, 2.24) is 30.5 Å². The van der Waals surface area contributed by atoms with Crippen LogP contribution in [0.5, 0.6) is 5.75 Å². The second kappa shape index (κ2) is 24.5. The van der Waals surface area contributed by atoms with E-state index in [0.29, 0.717) is 57.6 Å². The number of carbonyl (C=O) groups excluding carboxylic acids is 6. The number of Topliss-reactive ketones (excluding diaryl/α,β-unsaturated/α-hetero) is 1. The van der Waals surface area contributed by atoms with Crippen LogP contribution in [0.4, 0.5) is 10.1 Å². The van der Waals surface area contributed by atoms with Gasteiger partial charge in [-0.15, -0.1) is 0 Å². The molecule has 1 aliphatic carbocycles. The van der Waals surface area contributed by atoms with Gasteiger partial charge >= 0.3 is 0 Å². The molecule has 2 unspecified atom stereocenters. The number of aromatic nitrogens is 3. The molecule has 18 heteroatoms. The van der Waals surface area contributed by atoms with E-state index in [0.717, 1.165) is 84.2 Å². The van der Waals surface area contributed by atoms with Crippen LogP contribution < -0.4 is 20.7 Å². The lowest BCUT2D eigenvalue weighted by molar-refractivity contribution is -0.136. The molecular formula is C49H58FN7O10. The number of piperidine rings is 1. The third kappa shape index (κ3) is 14.1. The highest BCUT2D eigenvalue weighted by Gasteiger charge is 2.46. The van der Waals surface area contributed by atoms with Gasteiger partial charge in [0.2, 0.25) is 11.8 Å². The van der Waals surface area contributed by atoms with Crippen molar-refractivity contribution >= 4 is 51.9 Å². The predicted molar refractivity (Wildman–Crippen MR) is 243 cm³/mol. The van der Waals surface area contributed by atoms with Gasteiger partial charge in [0, 0.05) is 92.7 Å². The summed E-state index contributed by atoms with van der Waals surface area (Å²) >= 11 is 0. The Kier molecular flexibility index (Phi) is 17.8. The molecule has 2 aliphatic heterocycles. The molecule has 5 heterocycles. The second-order valence-corrected chi connectivity index (χ2v) is 16.9. The Morgan fingerprint density at radius 2 is 1.63 bits per heavy atom. The number of amides is 5. The lowest BCUT2D eigenvalue weighted by Gasteiger charge is -2.27. The van der Waals surface area contributed by atoms with Crippen molar-refractivity contribution in [1.29, 1.82) is 0 Å². The van der Waals surface area contributed by atoms with Gasteiger partial charge in [0.05, 0.1) is 42.0 Å². The summed E-state index contributed by atoms with van der Waals surface area (Å²) in [6.07, 6.45) is 11.6. The molecule has 5 amide bonds. The fraction of sp³-hybridized carbons (Fsp3) is 0.490. The topological polar surface area (TPSA) is 217 Å². The Hall–Kier alpha value is -6.24. The number of halogens is 1. The normalized spacial score (nSPS) is 16.3. The minimum Gasteiger partial charge on any atom is -0.483 e. The van der Waals surface area contributed by atoms with Crippen LogP contribution in [-0.2, 0) is 35.0 Å². The molecule has 0 spiro atoms. The standard InChI is InChI=1S/C49H58FN7O10/c50-33(11-16-42(58)38-29-53-36(27-40(38)54-34-13-14-34)26-35-12-10-32-28-51-20-18-39(32)55-35)30-66-23-6-2-5-22-65-25-24-64-21-4-1-3-19-52-45(60)31-67-43-9-7-8-37-46(43)49(63)57(48(37)62)41-15-17-44(59)56-47(41)61/h7-10,12,18,20,27-29,33-34,41H,1-6,11,13-17,19,21-26,30-31H2,(H,52,60)(H,53,54)(H,56,59,61). The Bertz CT molecular complexity index is 2400. The van der Waals surface area contributed by atoms with E-state index >= 15 is 0 Å². The van der Waals surface area contributed by atoms with E-state index in [1.165, 1.54) is 18.2 Å². The molecule has 2 atom stereocenters. The molecular weight excluding hydrogens is 866 g/mol. The Balaban J connectivity index is 0.660. The van der Waals surface area contributed by atoms with Crippen molar-refractivity contribution in [3.8, 4) is 5.75 Å². The SMILES string of the molecule is O=C(COc1cccc2c1C(=O)N(C1CCC(=O)NC1=O)C2=O)NCCCCCOCCOCCCCCOCC(F)CCC(=O)c1cnc(Cc2ccc3cnccc3n2)cc1NC1CC1. The van der Waals surface area contributed by atoms with Gasteiger partial charge in [0.1, 0.15) is 18.0 Å². The van der Waals surface area contributed by atoms with Gasteiger partial charge in [-0.05, 0) is 101 Å². The van der Waals surface area contributed by atoms with E-state index in [-0.39, 0.29) is 67.5 Å². The average Bonchev–Trinajstić information content (AvgIpc) is 4.11. The molecule has 3 aliphatic rings. The fourth-order valence-electron chi connectivity index (χ4n) is 7.83. The average molecular weight is 924 g/mol. The summed E-state index contributed by atoms with van der Waals surface area (Å²) in [7, 11) is 0. The molecule has 3 aromatic heterocycles. The largest absolute Gasteiger partial charge is 0.483 e. The molecule has 4 aromatic rings. The van der Waals surface area contributed by atoms with Crippen LogP contribution in [0, 0.1) is 0 Å². The third-order valence-corrected chi connectivity index (χ3v) is 11.6. The molecule has 0 bridgehead atoms. The molecule has 1 saturated heterocycles. The van der Waals surface area contributed by atoms with E-state index < -0.39 is 35.8 Å². The highest BCUT2D eigenvalue weighted by molar-refractivity contribution is 6.24. The van der Waals surface area contributed by atoms with Crippen LogP contribution in [0.1, 0.15) is 120 Å². The summed E-state index contributed by atoms with van der Waals surface area (Å²) < 4.78 is 37.2. The lowest BCUT2D eigenvalue weighted by atomic mass is 10.0. The molecule has 356 valence electrons. The number of benzene rings is 1. The van der Waals surface area contributed by atoms with Crippen LogP contribution in [0.2, 0.25) is 0 Å². The summed E-state index contributed by atoms with van der Waals surface area (Å²) in [6.45, 7) is 2.57. The number of rotatable bonds is 29. The number of fused-ring (bicyclic) bond motifs is 2. The van der Waals surface area contributed by atoms with Gasteiger partial charge in [-0.2, -0.15) is 0 Å². The number of hydrogen-bond acceptors (Lipinski definition) is 14. The quantitative estimate of drug-likeness (QED) is 0.0350. The summed E-state index contributed by atoms with van der Waals surface area (Å²) in [5, 5.41) is 9.37. The molecule has 1 aromatic carbocycles. The van der Waals surface area contributed by atoms with Crippen molar-refractivity contribution in [3.05, 3.63) is 89.1 Å². The number of nitrogens with one attached hydrogen (secondary N) is 3. The Morgan fingerprint density at radius 1 is 0.851 bits per heavy atom. The van der Waals surface area contributed by atoms with Gasteiger partial charge in [-0.1, -0.05) is 6.07 Å². The maximum atomic E-state index is 14.7. The zero-order valence-corrected chi connectivity index (χ0v) is 37.6. The zero-order chi connectivity index (χ0) is 47.0. The van der Waals surface area contributed by atoms with Gasteiger partial charge < -0.3 is 29.6 Å². The first kappa shape index (κ1) is 48.7. The zero-order valence-electron chi connectivity index (χ0n) is 37.6. The minimum atomic E-state index is -1.24. The van der Waals surface area contributed by atoms with E-state index in [4.69, 9.17) is 23.9 Å². The van der Waals surface area contributed by atoms with Crippen molar-refractivity contribution in [3.63, 3.8) is 0 Å². The number of carbonyl (C=O) groups is 6. The number of nitrogens with zero attached hydrogens (tertiary/aromatic N) is 4. The number of pyridine rings is 3. The Labute approximate surface area is 388 Å². The van der Waals surface area contributed by atoms with Crippen LogP contribution in [0.25, 0.3) is 10.9 Å². The minimum absolute atomic E-state index is 0.0106. The molecule has 1 saturated carbocycles. The van der Waals surface area contributed by atoms with E-state index in [1.54, 1.807) is 18.6 Å². The van der Waals surface area contributed by atoms with Crippen molar-refractivity contribution in [2.24, 2.45) is 0 Å². The van der Waals surface area contributed by atoms with Crippen LogP contribution in [0.3, 0.4) is 0 Å². The monoisotopic (exact) mass is 923 g/mol. The smallest absolute Gasteiger partial charge is 0.266 e. The fourth-order valence-corrected chi connectivity index (χ4v) is 7.83. The van der Waals surface area contributed by atoms with E-state index in [1.807, 2.05) is 24.3 Å². The highest BCUT2D eigenvalue weighted by atomic mass is 19.1. The number of alkyl halides is 1. The molecule has 2 fully saturated rings. The summed E-state index contributed by atoms with van der Waals surface area (Å²) in [5.74, 6) is -2.98. The second-order valence-electron chi connectivity index (χ2n) is 16.9. The molecule has 7 rings (SSSR count). The van der Waals surface area contributed by atoms with Gasteiger partial charge in [0.15, 0.2) is 12.4 Å². The van der Waals surface area contributed by atoms with Gasteiger partial charge in [-0.25, -0.2) is 4.39 Å². The number of ketones is 1. The molecule has 67 heavy (non-hydrogen) atoms. The van der Waals surface area contributed by atoms with Crippen molar-refractivity contribution in [2.75, 3.05) is 58.1 Å². The molecule has 17 nitrogen and oxygen atoms in total. The van der Waals surface area contributed by atoms with E-state index in [2.05, 4.69) is 25.9 Å². The number of hydrogen-bond donors (Lipinski definition) is 3. The summed E-state index contributed by atoms with van der Waals surface area (Å²) in [5.41, 5.74) is 3.83. The number of ether oxygens (including phenoxy) is 4. The molecule has 3 N–H and O–H groups in total. The van der Waals surface area contributed by atoms with Gasteiger partial charge in [-0.3, -0.25) is 53.9 Å². The third-order valence-electron chi connectivity index (χ3n) is 11.6. The Morgan fingerprint density at radius 3 is 2.40 bits per heavy atom. The lowest BCUT2D eigenvalue weighted by Crippen LogP contribution is -2.54. The van der Waals surface area contributed by atoms with E-state index in [9.17, 15) is 33.2 Å². The summed E-state index contributed by atoms with van der Waals surface area (Å²) in [6, 6.07) is 11.5. The number of unbranched alkanes of at least 4 members (excludes halogenated alkanes) is 4. The highest BCUT2D eigenvalue weighted by Crippen LogP contribution is 2.34. The maximum Gasteiger partial charge on any atom is 0.266 e. The van der Waals surface area contributed by atoms with Crippen LogP contribution in [-0.4, -0.2) is 126 Å². The number of imide groups is 2. The van der Waals surface area contributed by atoms with Gasteiger partial charge in [0.25, 0.3) is 17.7 Å². The van der Waals surface area contributed by atoms with Crippen LogP contribution in [0.15, 0.2) is 61.1 Å². The number of anilines is 1. The van der Waals surface area contributed by atoms with Crippen molar-refractivity contribution in [2.45, 2.75) is 102 Å². The van der Waals surface area contributed by atoms with Crippen LogP contribution >= 0.6 is 0 Å². The summed E-state index contributed by atoms with van der Waals surface area (Å²) in [4.78, 5) is 90.0. The first-order valence-electron chi connectivity index (χ1n) is 23.2. The maximum absolute atomic E-state index is 14.7. The van der Waals surface area contributed by atoms with Crippen molar-refractivity contribution < 1.29 is 52.1 Å². The predicted octanol–water partition coefficient (Wildman–Crippen LogP) is 5.48. The first-order valence-corrected chi connectivity index (χ1v) is 23.2. The molecule has 0 radical (unpaired) electrons. The first-order chi connectivity index (χ1) is 32.6.